The second-order valence-corrected chi connectivity index (χ2v) is 12.0. The molecule has 3 aromatic rings. The fourth-order valence-electron chi connectivity index (χ4n) is 5.16. The number of aromatic nitrogens is 3. The van der Waals surface area contributed by atoms with Crippen LogP contribution in [-0.4, -0.2) is 96.4 Å². The van der Waals surface area contributed by atoms with Gasteiger partial charge in [0, 0.05) is 51.4 Å². The van der Waals surface area contributed by atoms with E-state index in [1.165, 1.54) is 22.7 Å². The van der Waals surface area contributed by atoms with E-state index in [1.807, 2.05) is 21.1 Å². The Hall–Kier alpha value is -4.19. The van der Waals surface area contributed by atoms with Gasteiger partial charge in [0.25, 0.3) is 11.8 Å². The number of carbonyl (C=O) groups is 3. The first kappa shape index (κ1) is 30.8. The van der Waals surface area contributed by atoms with Crippen LogP contribution in [0.5, 0.6) is 0 Å². The van der Waals surface area contributed by atoms with Crippen molar-refractivity contribution in [1.82, 2.24) is 19.4 Å². The summed E-state index contributed by atoms with van der Waals surface area (Å²) in [4.78, 5) is 49.8. The molecule has 3 heterocycles. The number of halogens is 2. The van der Waals surface area contributed by atoms with E-state index in [9.17, 15) is 23.2 Å². The van der Waals surface area contributed by atoms with Crippen LogP contribution in [0.25, 0.3) is 11.3 Å². The van der Waals surface area contributed by atoms with Crippen LogP contribution in [0.3, 0.4) is 0 Å². The number of Topliss-reactive ketones (excluding diaryl/α,β-unsaturated/α-hetero) is 1. The molecule has 0 radical (unpaired) electrons. The van der Waals surface area contributed by atoms with Crippen LogP contribution < -0.4 is 10.2 Å². The van der Waals surface area contributed by atoms with E-state index < -0.39 is 17.7 Å². The molecule has 0 saturated carbocycles. The van der Waals surface area contributed by atoms with Gasteiger partial charge >= 0.3 is 0 Å². The Bertz CT molecular complexity index is 1520. The Labute approximate surface area is 244 Å². The second kappa shape index (κ2) is 12.0. The summed E-state index contributed by atoms with van der Waals surface area (Å²) < 4.78 is 31.1. The lowest BCUT2D eigenvalue weighted by Gasteiger charge is -2.33. The van der Waals surface area contributed by atoms with Gasteiger partial charge in [0.1, 0.15) is 6.54 Å². The number of amides is 2. The number of hydrogen-bond acceptors (Lipinski definition) is 6. The first-order valence-corrected chi connectivity index (χ1v) is 13.8. The minimum atomic E-state index is -0.883. The molecule has 1 aliphatic heterocycles. The number of likely N-dealkylation sites (tertiary alicyclic amines) is 1. The number of rotatable bonds is 8. The number of carbonyl (C=O) groups excluding carboxylic acids is 3. The van der Waals surface area contributed by atoms with Crippen molar-refractivity contribution >= 4 is 29.1 Å². The minimum absolute atomic E-state index is 0.0121. The molecule has 0 unspecified atom stereocenters. The van der Waals surface area contributed by atoms with E-state index in [0.29, 0.717) is 53.8 Å². The average Bonchev–Trinajstić information content (AvgIpc) is 3.29. The summed E-state index contributed by atoms with van der Waals surface area (Å²) in [5.41, 5.74) is 1.74. The largest absolute Gasteiger partial charge is 0.360 e. The Morgan fingerprint density at radius 3 is 2.36 bits per heavy atom. The molecule has 1 saturated heterocycles. The number of nitrogens with one attached hydrogen (secondary N) is 1. The number of nitrogens with zero attached hydrogens (tertiary/aromatic N) is 6. The molecule has 0 aliphatic carbocycles. The zero-order valence-electron chi connectivity index (χ0n) is 25.2. The van der Waals surface area contributed by atoms with Crippen LogP contribution in [0, 0.1) is 24.6 Å². The fraction of sp³-hybridized carbons (Fsp3) is 0.433. The molecule has 2 amide bonds. The highest BCUT2D eigenvalue weighted by molar-refractivity contribution is 6.03. The number of ketones is 1. The normalized spacial score (nSPS) is 14.2. The molecule has 0 spiro atoms. The first-order valence-electron chi connectivity index (χ1n) is 13.8. The van der Waals surface area contributed by atoms with Crippen LogP contribution in [0.15, 0.2) is 30.5 Å². The van der Waals surface area contributed by atoms with Crippen molar-refractivity contribution in [2.45, 2.75) is 19.8 Å². The summed E-state index contributed by atoms with van der Waals surface area (Å²) >= 11 is 0. The molecule has 42 heavy (non-hydrogen) atoms. The first-order chi connectivity index (χ1) is 19.7. The van der Waals surface area contributed by atoms with Crippen molar-refractivity contribution < 1.29 is 27.6 Å². The summed E-state index contributed by atoms with van der Waals surface area (Å²) in [6, 6.07) is 6.03. The molecule has 4 rings (SSSR count). The zero-order chi connectivity index (χ0) is 30.9. The van der Waals surface area contributed by atoms with E-state index in [2.05, 4.69) is 15.3 Å². The van der Waals surface area contributed by atoms with Crippen LogP contribution >= 0.6 is 0 Å². The fourth-order valence-corrected chi connectivity index (χ4v) is 5.16. The molecular formula is C30H38F2N7O3+. The number of anilines is 2. The molecule has 1 aromatic carbocycles. The number of benzene rings is 1. The van der Waals surface area contributed by atoms with E-state index in [1.54, 1.807) is 44.1 Å². The van der Waals surface area contributed by atoms with Crippen molar-refractivity contribution in [2.75, 3.05) is 65.1 Å². The molecular weight excluding hydrogens is 544 g/mol. The van der Waals surface area contributed by atoms with Crippen LogP contribution in [0.2, 0.25) is 0 Å². The van der Waals surface area contributed by atoms with Crippen LogP contribution in [0.4, 0.5) is 20.3 Å². The molecule has 10 nitrogen and oxygen atoms in total. The quantitative estimate of drug-likeness (QED) is 0.322. The summed E-state index contributed by atoms with van der Waals surface area (Å²) in [6.45, 7) is 3.30. The lowest BCUT2D eigenvalue weighted by Crippen LogP contribution is -2.45. The molecule has 1 N–H and O–H groups in total. The zero-order valence-corrected chi connectivity index (χ0v) is 25.2. The number of pyridine rings is 1. The number of likely N-dealkylation sites (N-methyl/N-ethyl adjacent to an activating group) is 1. The lowest BCUT2D eigenvalue weighted by molar-refractivity contribution is -0.862. The van der Waals surface area contributed by atoms with Crippen molar-refractivity contribution in [2.24, 2.45) is 13.0 Å². The van der Waals surface area contributed by atoms with Gasteiger partial charge in [0.05, 0.1) is 38.6 Å². The summed E-state index contributed by atoms with van der Waals surface area (Å²) in [5, 5.41) is 2.76. The summed E-state index contributed by atoms with van der Waals surface area (Å²) in [7, 11) is 10.6. The Morgan fingerprint density at radius 2 is 1.76 bits per heavy atom. The van der Waals surface area contributed by atoms with Gasteiger partial charge in [-0.3, -0.25) is 14.4 Å². The van der Waals surface area contributed by atoms with Crippen molar-refractivity contribution in [1.29, 1.82) is 0 Å². The van der Waals surface area contributed by atoms with Crippen molar-refractivity contribution in [3.8, 4) is 11.3 Å². The van der Waals surface area contributed by atoms with E-state index >= 15 is 0 Å². The molecule has 2 aromatic heterocycles. The summed E-state index contributed by atoms with van der Waals surface area (Å²) in [6.07, 6.45) is 2.58. The standard InChI is InChI=1S/C30H37F2N7O3/c1-18-14-20(8-9-21(18)30(42)38-12-10-19(11-13-38)25(40)17-39(5,6)7)34-29(41)28-33-16-24(37(28)4)22-15-23(31)27(36(2)3)35-26(22)32/h8-9,14-16,19H,10-13,17H2,1-7H3/p+1. The molecule has 12 heteroatoms. The third kappa shape index (κ3) is 6.64. The van der Waals surface area contributed by atoms with Crippen LogP contribution in [0.1, 0.15) is 39.4 Å². The average molecular weight is 583 g/mol. The molecule has 1 aliphatic rings. The number of imidazole rings is 1. The third-order valence-electron chi connectivity index (χ3n) is 7.38. The Kier molecular flexibility index (Phi) is 8.76. The smallest absolute Gasteiger partial charge is 0.291 e. The molecule has 0 atom stereocenters. The highest BCUT2D eigenvalue weighted by atomic mass is 19.1. The number of aryl methyl sites for hydroxylation is 1. The van der Waals surface area contributed by atoms with Crippen LogP contribution in [-0.2, 0) is 11.8 Å². The predicted octanol–water partition coefficient (Wildman–Crippen LogP) is 3.51. The monoisotopic (exact) mass is 582 g/mol. The van der Waals surface area contributed by atoms with E-state index in [4.69, 9.17) is 0 Å². The van der Waals surface area contributed by atoms with Gasteiger partial charge in [-0.05, 0) is 49.6 Å². The Morgan fingerprint density at radius 1 is 1.10 bits per heavy atom. The van der Waals surface area contributed by atoms with Gasteiger partial charge in [0.2, 0.25) is 5.95 Å². The van der Waals surface area contributed by atoms with E-state index in [0.717, 1.165) is 6.07 Å². The maximum absolute atomic E-state index is 14.7. The van der Waals surface area contributed by atoms with E-state index in [-0.39, 0.29) is 40.5 Å². The highest BCUT2D eigenvalue weighted by Crippen LogP contribution is 2.28. The van der Waals surface area contributed by atoms with Gasteiger partial charge in [-0.2, -0.15) is 9.37 Å². The topological polar surface area (TPSA) is 100 Å². The van der Waals surface area contributed by atoms with Gasteiger partial charge in [-0.15, -0.1) is 0 Å². The van der Waals surface area contributed by atoms with Gasteiger partial charge in [0.15, 0.2) is 23.2 Å². The Balaban J connectivity index is 1.42. The number of piperidine rings is 1. The maximum Gasteiger partial charge on any atom is 0.291 e. The number of hydrogen-bond donors (Lipinski definition) is 1. The highest BCUT2D eigenvalue weighted by Gasteiger charge is 2.30. The lowest BCUT2D eigenvalue weighted by atomic mass is 9.91. The number of quaternary nitrogens is 1. The molecule has 224 valence electrons. The van der Waals surface area contributed by atoms with Crippen molar-refractivity contribution in [3.05, 3.63) is 59.2 Å². The van der Waals surface area contributed by atoms with Gasteiger partial charge in [-0.1, -0.05) is 0 Å². The summed E-state index contributed by atoms with van der Waals surface area (Å²) in [5.74, 6) is -2.19. The van der Waals surface area contributed by atoms with Gasteiger partial charge < -0.3 is 24.2 Å². The van der Waals surface area contributed by atoms with Crippen molar-refractivity contribution in [3.63, 3.8) is 0 Å². The van der Waals surface area contributed by atoms with Gasteiger partial charge in [-0.25, -0.2) is 9.37 Å². The third-order valence-corrected chi connectivity index (χ3v) is 7.38. The molecule has 1 fully saturated rings. The maximum atomic E-state index is 14.7. The second-order valence-electron chi connectivity index (χ2n) is 12.0. The predicted molar refractivity (Wildman–Crippen MR) is 156 cm³/mol. The molecule has 0 bridgehead atoms. The SMILES string of the molecule is Cc1cc(NC(=O)c2ncc(-c3cc(F)c(N(C)C)nc3F)n2C)ccc1C(=O)N1CCC(C(=O)C[N+](C)(C)C)CC1. The minimum Gasteiger partial charge on any atom is -0.360 e.